The van der Waals surface area contributed by atoms with E-state index in [9.17, 15) is 14.4 Å². The van der Waals surface area contributed by atoms with Gasteiger partial charge in [-0.3, -0.25) is 19.3 Å². The molecule has 1 aliphatic rings. The molecule has 1 N–H and O–H groups in total. The Hall–Kier alpha value is -3.45. The lowest BCUT2D eigenvalue weighted by molar-refractivity contribution is -0.129. The third-order valence-electron chi connectivity index (χ3n) is 5.07. The molecule has 2 aromatic carbocycles. The maximum Gasteiger partial charge on any atom is 0.268 e. The Balaban J connectivity index is 1.57. The zero-order valence-corrected chi connectivity index (χ0v) is 17.9. The third kappa shape index (κ3) is 4.51. The van der Waals surface area contributed by atoms with Gasteiger partial charge in [-0.1, -0.05) is 43.3 Å². The number of rotatable bonds is 7. The van der Waals surface area contributed by atoms with Gasteiger partial charge in [-0.15, -0.1) is 11.3 Å². The summed E-state index contributed by atoms with van der Waals surface area (Å²) in [4.78, 5) is 40.4. The molecular formula is C24H22N2O4S. The lowest BCUT2D eigenvalue weighted by atomic mass is 10.1. The van der Waals surface area contributed by atoms with E-state index in [1.165, 1.54) is 16.2 Å². The smallest absolute Gasteiger partial charge is 0.268 e. The average molecular weight is 435 g/mol. The monoisotopic (exact) mass is 434 g/mol. The topological polar surface area (TPSA) is 75.7 Å². The van der Waals surface area contributed by atoms with E-state index in [0.717, 1.165) is 5.56 Å². The highest BCUT2D eigenvalue weighted by atomic mass is 32.1. The highest BCUT2D eigenvalue weighted by molar-refractivity contribution is 7.12. The van der Waals surface area contributed by atoms with Gasteiger partial charge < -0.3 is 10.1 Å². The van der Waals surface area contributed by atoms with Gasteiger partial charge in [0.05, 0.1) is 10.6 Å². The number of hydrogen-bond acceptors (Lipinski definition) is 5. The maximum atomic E-state index is 13.0. The van der Waals surface area contributed by atoms with Gasteiger partial charge in [0.25, 0.3) is 5.91 Å². The lowest BCUT2D eigenvalue weighted by Crippen LogP contribution is -2.49. The molecule has 0 fully saturated rings. The average Bonchev–Trinajstić information content (AvgIpc) is 3.34. The first-order chi connectivity index (χ1) is 15.1. The van der Waals surface area contributed by atoms with Crippen LogP contribution in [0.4, 0.5) is 5.69 Å². The molecule has 1 aliphatic heterocycles. The van der Waals surface area contributed by atoms with Crippen molar-refractivity contribution in [3.8, 4) is 5.75 Å². The minimum absolute atomic E-state index is 0.128. The fourth-order valence-electron chi connectivity index (χ4n) is 3.43. The van der Waals surface area contributed by atoms with Crippen LogP contribution < -0.4 is 15.0 Å². The Bertz CT molecular complexity index is 1100. The molecule has 0 spiro atoms. The molecule has 31 heavy (non-hydrogen) atoms. The number of carbonyl (C=O) groups is 3. The van der Waals surface area contributed by atoms with Crippen LogP contribution in [0.2, 0.25) is 0 Å². The van der Waals surface area contributed by atoms with E-state index in [1.807, 2.05) is 48.7 Å². The largest absolute Gasteiger partial charge is 0.478 e. The van der Waals surface area contributed by atoms with Crippen molar-refractivity contribution in [2.75, 3.05) is 11.4 Å². The number of carbonyl (C=O) groups excluding carboxylic acids is 3. The van der Waals surface area contributed by atoms with Crippen molar-refractivity contribution in [1.29, 1.82) is 0 Å². The van der Waals surface area contributed by atoms with Crippen LogP contribution >= 0.6 is 11.3 Å². The summed E-state index contributed by atoms with van der Waals surface area (Å²) < 4.78 is 5.83. The summed E-state index contributed by atoms with van der Waals surface area (Å²) in [6, 6.07) is 18.2. The highest BCUT2D eigenvalue weighted by Gasteiger charge is 2.35. The van der Waals surface area contributed by atoms with Crippen LogP contribution in [0.25, 0.3) is 0 Å². The minimum Gasteiger partial charge on any atom is -0.478 e. The van der Waals surface area contributed by atoms with Crippen molar-refractivity contribution in [3.05, 3.63) is 82.0 Å². The van der Waals surface area contributed by atoms with Crippen LogP contribution in [0.3, 0.4) is 0 Å². The van der Waals surface area contributed by atoms with Crippen LogP contribution in [0, 0.1) is 0 Å². The molecule has 0 unspecified atom stereocenters. The van der Waals surface area contributed by atoms with Crippen molar-refractivity contribution in [2.24, 2.45) is 0 Å². The number of nitrogens with one attached hydrogen (secondary N) is 1. The number of amides is 2. The van der Waals surface area contributed by atoms with E-state index in [2.05, 4.69) is 5.32 Å². The van der Waals surface area contributed by atoms with Crippen molar-refractivity contribution in [1.82, 2.24) is 5.32 Å². The normalized spacial score (nSPS) is 15.2. The Morgan fingerprint density at radius 2 is 1.90 bits per heavy atom. The molecule has 0 saturated heterocycles. The van der Waals surface area contributed by atoms with Gasteiger partial charge in [-0.05, 0) is 41.6 Å². The number of benzene rings is 2. The van der Waals surface area contributed by atoms with Gasteiger partial charge in [0.15, 0.2) is 6.10 Å². The van der Waals surface area contributed by atoms with E-state index >= 15 is 0 Å². The summed E-state index contributed by atoms with van der Waals surface area (Å²) in [5.41, 5.74) is 1.86. The van der Waals surface area contributed by atoms with Gasteiger partial charge in [-0.2, -0.15) is 0 Å². The number of ether oxygens (including phenoxy) is 1. The van der Waals surface area contributed by atoms with Crippen LogP contribution in [-0.4, -0.2) is 30.2 Å². The van der Waals surface area contributed by atoms with Crippen molar-refractivity contribution in [3.63, 3.8) is 0 Å². The first kappa shape index (κ1) is 20.8. The molecule has 4 rings (SSSR count). The molecule has 0 radical (unpaired) electrons. The van der Waals surface area contributed by atoms with Crippen molar-refractivity contribution < 1.29 is 19.1 Å². The second-order valence-electron chi connectivity index (χ2n) is 7.19. The first-order valence-electron chi connectivity index (χ1n) is 10.1. The number of anilines is 1. The van der Waals surface area contributed by atoms with Crippen molar-refractivity contribution in [2.45, 2.75) is 26.0 Å². The molecule has 1 atom stereocenters. The molecule has 2 heterocycles. The zero-order chi connectivity index (χ0) is 21.8. The molecule has 0 bridgehead atoms. The van der Waals surface area contributed by atoms with E-state index in [4.69, 9.17) is 4.74 Å². The van der Waals surface area contributed by atoms with E-state index in [1.54, 1.807) is 24.3 Å². The lowest BCUT2D eigenvalue weighted by Gasteiger charge is -2.34. The summed E-state index contributed by atoms with van der Waals surface area (Å²) in [6.07, 6.45) is -0.177. The molecule has 7 heteroatoms. The van der Waals surface area contributed by atoms with Crippen LogP contribution in [0.15, 0.2) is 66.0 Å². The number of fused-ring (bicyclic) bond motifs is 1. The van der Waals surface area contributed by atoms with Crippen LogP contribution in [0.5, 0.6) is 5.75 Å². The second-order valence-corrected chi connectivity index (χ2v) is 8.14. The molecule has 2 amide bonds. The van der Waals surface area contributed by atoms with Crippen LogP contribution in [-0.2, 0) is 16.1 Å². The quantitative estimate of drug-likeness (QED) is 0.574. The number of thiophene rings is 1. The van der Waals surface area contributed by atoms with E-state index < -0.39 is 6.10 Å². The van der Waals surface area contributed by atoms with Gasteiger partial charge >= 0.3 is 0 Å². The molecular weight excluding hydrogens is 412 g/mol. The maximum absolute atomic E-state index is 13.0. The summed E-state index contributed by atoms with van der Waals surface area (Å²) in [6.45, 7) is 2.09. The van der Waals surface area contributed by atoms with E-state index in [-0.39, 0.29) is 24.1 Å². The summed E-state index contributed by atoms with van der Waals surface area (Å²) >= 11 is 1.36. The molecule has 158 valence electrons. The minimum atomic E-state index is -0.659. The Morgan fingerprint density at radius 1 is 1.10 bits per heavy atom. The molecule has 1 aromatic heterocycles. The Morgan fingerprint density at radius 3 is 2.61 bits per heavy atom. The first-order valence-corrected chi connectivity index (χ1v) is 11.0. The predicted octanol–water partition coefficient (Wildman–Crippen LogP) is 3.80. The Labute approximate surface area is 184 Å². The SMILES string of the molecule is CC[C@H]1Oc2ccc(C(=O)c3cccs3)cc2N(CC(=O)NCc2ccccc2)C1=O. The fraction of sp³-hybridized carbons (Fsp3) is 0.208. The fourth-order valence-corrected chi connectivity index (χ4v) is 4.12. The summed E-state index contributed by atoms with van der Waals surface area (Å²) in [7, 11) is 0. The van der Waals surface area contributed by atoms with Crippen LogP contribution in [0.1, 0.15) is 34.1 Å². The number of hydrogen-bond donors (Lipinski definition) is 1. The van der Waals surface area contributed by atoms with E-state index in [0.29, 0.717) is 34.8 Å². The van der Waals surface area contributed by atoms with Gasteiger partial charge in [0, 0.05) is 12.1 Å². The second kappa shape index (κ2) is 9.14. The molecule has 3 aromatic rings. The number of nitrogens with zero attached hydrogens (tertiary/aromatic N) is 1. The van der Waals surface area contributed by atoms with Gasteiger partial charge in [-0.25, -0.2) is 0 Å². The third-order valence-corrected chi connectivity index (χ3v) is 5.94. The predicted molar refractivity (Wildman–Crippen MR) is 120 cm³/mol. The Kier molecular flexibility index (Phi) is 6.13. The summed E-state index contributed by atoms with van der Waals surface area (Å²) in [5, 5.41) is 4.69. The molecule has 0 saturated carbocycles. The molecule has 0 aliphatic carbocycles. The standard InChI is InChI=1S/C24H22N2O4S/c1-2-19-24(29)26(15-22(27)25-14-16-7-4-3-5-8-16)18-13-17(10-11-20(18)30-19)23(28)21-9-6-12-31-21/h3-13,19H,2,14-15H2,1H3,(H,25,27)/t19-/m1/s1. The molecule has 6 nitrogen and oxygen atoms in total. The summed E-state index contributed by atoms with van der Waals surface area (Å²) in [5.74, 6) is -0.207. The van der Waals surface area contributed by atoms with Gasteiger partial charge in [0.1, 0.15) is 12.3 Å². The van der Waals surface area contributed by atoms with Crippen molar-refractivity contribution >= 4 is 34.6 Å². The highest BCUT2D eigenvalue weighted by Crippen LogP contribution is 2.36. The zero-order valence-electron chi connectivity index (χ0n) is 17.0. The number of ketones is 1. The van der Waals surface area contributed by atoms with Gasteiger partial charge in [0.2, 0.25) is 11.7 Å².